The Hall–Kier alpha value is -0.770. The molecule has 4 nitrogen and oxygen atoms in total. The fourth-order valence-corrected chi connectivity index (χ4v) is 3.09. The van der Waals surface area contributed by atoms with Crippen LogP contribution in [0.2, 0.25) is 0 Å². The number of hydrogen-bond donors (Lipinski definition) is 2. The Morgan fingerprint density at radius 3 is 2.68 bits per heavy atom. The highest BCUT2D eigenvalue weighted by atomic mass is 15.3. The average molecular weight is 264 g/mol. The largest absolute Gasteiger partial charge is 0.357 e. The predicted octanol–water partition coefficient (Wildman–Crippen LogP) is 1.58. The summed E-state index contributed by atoms with van der Waals surface area (Å²) < 4.78 is 0. The quantitative estimate of drug-likeness (QED) is 0.585. The lowest BCUT2D eigenvalue weighted by molar-refractivity contribution is 0.320. The first kappa shape index (κ1) is 13.2. The number of aliphatic imine (C=N–C) groups is 1. The molecule has 0 amide bonds. The zero-order valence-corrected chi connectivity index (χ0v) is 12.2. The summed E-state index contributed by atoms with van der Waals surface area (Å²) in [4.78, 5) is 7.41. The third-order valence-corrected chi connectivity index (χ3v) is 4.70. The Balaban J connectivity index is 1.46. The minimum absolute atomic E-state index is 0.597. The van der Waals surface area contributed by atoms with E-state index in [1.165, 1.54) is 51.6 Å². The monoisotopic (exact) mass is 264 g/mol. The summed E-state index contributed by atoms with van der Waals surface area (Å²) in [5.74, 6) is 1.89. The molecule has 0 aromatic heterocycles. The van der Waals surface area contributed by atoms with Gasteiger partial charge in [0.05, 0.1) is 0 Å². The molecule has 3 fully saturated rings. The number of nitrogens with one attached hydrogen (secondary N) is 2. The Morgan fingerprint density at radius 1 is 1.21 bits per heavy atom. The molecule has 1 unspecified atom stereocenters. The number of likely N-dealkylation sites (tertiary alicyclic amines) is 1. The standard InChI is InChI=1S/C15H28N4/c1-2-16-15(17-10-12-4-3-5-12)18-13-8-9-19(11-13)14-6-7-14/h12-14H,2-11H2,1H3,(H2,16,17,18). The van der Waals surface area contributed by atoms with E-state index in [2.05, 4.69) is 22.5 Å². The van der Waals surface area contributed by atoms with Crippen molar-refractivity contribution in [3.63, 3.8) is 0 Å². The van der Waals surface area contributed by atoms with Crippen molar-refractivity contribution < 1.29 is 0 Å². The molecular weight excluding hydrogens is 236 g/mol. The lowest BCUT2D eigenvalue weighted by atomic mass is 9.86. The highest BCUT2D eigenvalue weighted by Crippen LogP contribution is 2.29. The number of rotatable bonds is 5. The molecule has 0 aromatic carbocycles. The Kier molecular flexibility index (Phi) is 4.26. The van der Waals surface area contributed by atoms with Gasteiger partial charge in [-0.3, -0.25) is 9.89 Å². The fourth-order valence-electron chi connectivity index (χ4n) is 3.09. The molecule has 19 heavy (non-hydrogen) atoms. The van der Waals surface area contributed by atoms with Crippen molar-refractivity contribution in [2.75, 3.05) is 26.2 Å². The third kappa shape index (κ3) is 3.62. The minimum atomic E-state index is 0.597. The second-order valence-electron chi connectivity index (χ2n) is 6.37. The zero-order chi connectivity index (χ0) is 13.1. The molecule has 3 rings (SSSR count). The lowest BCUT2D eigenvalue weighted by Gasteiger charge is -2.24. The minimum Gasteiger partial charge on any atom is -0.357 e. The van der Waals surface area contributed by atoms with Crippen LogP contribution in [-0.4, -0.2) is 49.1 Å². The SMILES string of the molecule is CCNC(=NCC1CCC1)NC1CCN(C2CC2)C1. The van der Waals surface area contributed by atoms with Crippen LogP contribution in [0.3, 0.4) is 0 Å². The van der Waals surface area contributed by atoms with E-state index in [1.807, 2.05) is 0 Å². The molecule has 1 heterocycles. The molecule has 0 radical (unpaired) electrons. The van der Waals surface area contributed by atoms with Crippen LogP contribution in [0.25, 0.3) is 0 Å². The zero-order valence-electron chi connectivity index (χ0n) is 12.2. The van der Waals surface area contributed by atoms with E-state index in [0.717, 1.165) is 31.0 Å². The van der Waals surface area contributed by atoms with Crippen LogP contribution in [0.5, 0.6) is 0 Å². The summed E-state index contributed by atoms with van der Waals surface area (Å²) in [6.45, 7) is 6.58. The van der Waals surface area contributed by atoms with Gasteiger partial charge < -0.3 is 10.6 Å². The lowest BCUT2D eigenvalue weighted by Crippen LogP contribution is -2.45. The first-order valence-electron chi connectivity index (χ1n) is 8.14. The van der Waals surface area contributed by atoms with Gasteiger partial charge in [-0.05, 0) is 44.9 Å². The maximum Gasteiger partial charge on any atom is 0.191 e. The second kappa shape index (κ2) is 6.12. The number of hydrogen-bond acceptors (Lipinski definition) is 2. The van der Waals surface area contributed by atoms with E-state index in [1.54, 1.807) is 0 Å². The molecule has 2 saturated carbocycles. The first-order chi connectivity index (χ1) is 9.35. The van der Waals surface area contributed by atoms with E-state index in [-0.39, 0.29) is 0 Å². The van der Waals surface area contributed by atoms with E-state index in [4.69, 9.17) is 4.99 Å². The maximum absolute atomic E-state index is 4.76. The third-order valence-electron chi connectivity index (χ3n) is 4.70. The molecule has 1 aliphatic heterocycles. The van der Waals surface area contributed by atoms with Crippen molar-refractivity contribution in [2.24, 2.45) is 10.9 Å². The van der Waals surface area contributed by atoms with E-state index in [9.17, 15) is 0 Å². The van der Waals surface area contributed by atoms with Crippen LogP contribution in [0.1, 0.15) is 45.4 Å². The van der Waals surface area contributed by atoms with Gasteiger partial charge in [-0.25, -0.2) is 0 Å². The summed E-state index contributed by atoms with van der Waals surface area (Å²) in [7, 11) is 0. The van der Waals surface area contributed by atoms with Gasteiger partial charge in [0.1, 0.15) is 0 Å². The van der Waals surface area contributed by atoms with Crippen LogP contribution in [0.4, 0.5) is 0 Å². The van der Waals surface area contributed by atoms with E-state index >= 15 is 0 Å². The van der Waals surface area contributed by atoms with Gasteiger partial charge in [0.2, 0.25) is 0 Å². The molecule has 2 aliphatic carbocycles. The van der Waals surface area contributed by atoms with E-state index < -0.39 is 0 Å². The second-order valence-corrected chi connectivity index (χ2v) is 6.37. The van der Waals surface area contributed by atoms with Crippen LogP contribution in [-0.2, 0) is 0 Å². The normalized spacial score (nSPS) is 29.3. The predicted molar refractivity (Wildman–Crippen MR) is 79.5 cm³/mol. The first-order valence-corrected chi connectivity index (χ1v) is 8.14. The van der Waals surface area contributed by atoms with Crippen molar-refractivity contribution >= 4 is 5.96 Å². The molecule has 2 N–H and O–H groups in total. The van der Waals surface area contributed by atoms with Crippen molar-refractivity contribution in [1.82, 2.24) is 15.5 Å². The summed E-state index contributed by atoms with van der Waals surface area (Å²) in [5.41, 5.74) is 0. The molecular formula is C15H28N4. The summed E-state index contributed by atoms with van der Waals surface area (Å²) in [5, 5.41) is 7.02. The highest BCUT2D eigenvalue weighted by Gasteiger charge is 2.34. The number of guanidine groups is 1. The molecule has 108 valence electrons. The van der Waals surface area contributed by atoms with Crippen LogP contribution < -0.4 is 10.6 Å². The Morgan fingerprint density at radius 2 is 2.05 bits per heavy atom. The smallest absolute Gasteiger partial charge is 0.191 e. The van der Waals surface area contributed by atoms with E-state index in [0.29, 0.717) is 6.04 Å². The molecule has 0 bridgehead atoms. The van der Waals surface area contributed by atoms with Crippen molar-refractivity contribution in [3.8, 4) is 0 Å². The van der Waals surface area contributed by atoms with Gasteiger partial charge in [0, 0.05) is 38.3 Å². The van der Waals surface area contributed by atoms with Crippen LogP contribution in [0.15, 0.2) is 4.99 Å². The fraction of sp³-hybridized carbons (Fsp3) is 0.933. The van der Waals surface area contributed by atoms with Gasteiger partial charge in [0.15, 0.2) is 5.96 Å². The molecule has 1 atom stereocenters. The highest BCUT2D eigenvalue weighted by molar-refractivity contribution is 5.80. The Labute approximate surface area is 117 Å². The van der Waals surface area contributed by atoms with Gasteiger partial charge in [-0.2, -0.15) is 0 Å². The molecule has 1 saturated heterocycles. The molecule has 0 aromatic rings. The average Bonchev–Trinajstić information content (AvgIpc) is 3.09. The molecule has 3 aliphatic rings. The summed E-state index contributed by atoms with van der Waals surface area (Å²) >= 11 is 0. The van der Waals surface area contributed by atoms with Crippen molar-refractivity contribution in [2.45, 2.75) is 57.5 Å². The topological polar surface area (TPSA) is 39.7 Å². The van der Waals surface area contributed by atoms with Gasteiger partial charge in [-0.15, -0.1) is 0 Å². The van der Waals surface area contributed by atoms with Gasteiger partial charge in [-0.1, -0.05) is 6.42 Å². The number of nitrogens with zero attached hydrogens (tertiary/aromatic N) is 2. The molecule has 4 heteroatoms. The van der Waals surface area contributed by atoms with Crippen molar-refractivity contribution in [3.05, 3.63) is 0 Å². The molecule has 0 spiro atoms. The van der Waals surface area contributed by atoms with Gasteiger partial charge >= 0.3 is 0 Å². The van der Waals surface area contributed by atoms with Crippen LogP contribution in [0, 0.1) is 5.92 Å². The van der Waals surface area contributed by atoms with Crippen LogP contribution >= 0.6 is 0 Å². The summed E-state index contributed by atoms with van der Waals surface area (Å²) in [6.07, 6.45) is 8.27. The summed E-state index contributed by atoms with van der Waals surface area (Å²) in [6, 6.07) is 1.50. The maximum atomic E-state index is 4.76. The van der Waals surface area contributed by atoms with Crippen molar-refractivity contribution in [1.29, 1.82) is 0 Å². The Bertz CT molecular complexity index is 320. The van der Waals surface area contributed by atoms with Gasteiger partial charge in [0.25, 0.3) is 0 Å².